The van der Waals surface area contributed by atoms with Crippen LogP contribution < -0.4 is 0 Å². The molecule has 0 bridgehead atoms. The molecule has 24 heavy (non-hydrogen) atoms. The number of aryl methyl sites for hydroxylation is 1. The molecule has 1 aromatic heterocycles. The highest BCUT2D eigenvalue weighted by Crippen LogP contribution is 2.38. The van der Waals surface area contributed by atoms with E-state index in [1.165, 1.54) is 0 Å². The summed E-state index contributed by atoms with van der Waals surface area (Å²) in [6, 6.07) is 0. The van der Waals surface area contributed by atoms with E-state index in [4.69, 9.17) is 4.74 Å². The maximum atomic E-state index is 13.1. The molecule has 2 aliphatic rings. The van der Waals surface area contributed by atoms with Crippen molar-refractivity contribution in [3.8, 4) is 0 Å². The van der Waals surface area contributed by atoms with Gasteiger partial charge in [-0.1, -0.05) is 0 Å². The summed E-state index contributed by atoms with van der Waals surface area (Å²) in [5.74, 6) is 0.130. The standard InChI is InChI=1S/C17H25N3O3S/c1-13-18-14(12-24-13)11-15(21)20-8-4-6-17(20)5-3-7-19(16(17)22)9-10-23-2/h12H,3-11H2,1-2H3. The summed E-state index contributed by atoms with van der Waals surface area (Å²) in [4.78, 5) is 34.0. The quantitative estimate of drug-likeness (QED) is 0.809. The highest BCUT2D eigenvalue weighted by molar-refractivity contribution is 7.09. The molecule has 0 N–H and O–H groups in total. The van der Waals surface area contributed by atoms with E-state index in [1.807, 2.05) is 22.1 Å². The van der Waals surface area contributed by atoms with Crippen LogP contribution in [0.4, 0.5) is 0 Å². The Morgan fingerprint density at radius 1 is 1.38 bits per heavy atom. The first-order valence-corrected chi connectivity index (χ1v) is 9.44. The Labute approximate surface area is 146 Å². The lowest BCUT2D eigenvalue weighted by molar-refractivity contribution is -0.155. The average Bonchev–Trinajstić information content (AvgIpc) is 3.16. The number of carbonyl (C=O) groups is 2. The number of likely N-dealkylation sites (tertiary alicyclic amines) is 2. The molecule has 1 atom stereocenters. The predicted molar refractivity (Wildman–Crippen MR) is 91.9 cm³/mol. The average molecular weight is 351 g/mol. The Morgan fingerprint density at radius 3 is 2.79 bits per heavy atom. The van der Waals surface area contributed by atoms with E-state index in [2.05, 4.69) is 4.98 Å². The van der Waals surface area contributed by atoms with E-state index >= 15 is 0 Å². The van der Waals surface area contributed by atoms with Crippen molar-refractivity contribution in [3.63, 3.8) is 0 Å². The van der Waals surface area contributed by atoms with Crippen molar-refractivity contribution in [3.05, 3.63) is 16.1 Å². The smallest absolute Gasteiger partial charge is 0.248 e. The van der Waals surface area contributed by atoms with E-state index in [0.29, 0.717) is 19.7 Å². The molecule has 132 valence electrons. The van der Waals surface area contributed by atoms with Crippen molar-refractivity contribution in [2.24, 2.45) is 0 Å². The maximum absolute atomic E-state index is 13.1. The van der Waals surface area contributed by atoms with Crippen LogP contribution in [0.3, 0.4) is 0 Å². The van der Waals surface area contributed by atoms with Gasteiger partial charge in [-0.15, -0.1) is 11.3 Å². The third-order valence-corrected chi connectivity index (χ3v) is 5.88. The van der Waals surface area contributed by atoms with Crippen LogP contribution in [0, 0.1) is 6.92 Å². The van der Waals surface area contributed by atoms with Crippen LogP contribution in [0.5, 0.6) is 0 Å². The van der Waals surface area contributed by atoms with Crippen molar-refractivity contribution in [2.45, 2.75) is 44.6 Å². The number of hydrogen-bond donors (Lipinski definition) is 0. The van der Waals surface area contributed by atoms with Crippen molar-refractivity contribution >= 4 is 23.2 Å². The first kappa shape index (κ1) is 17.4. The summed E-state index contributed by atoms with van der Waals surface area (Å²) in [6.07, 6.45) is 3.67. The maximum Gasteiger partial charge on any atom is 0.248 e. The third-order valence-electron chi connectivity index (χ3n) is 5.06. The van der Waals surface area contributed by atoms with Gasteiger partial charge in [0.15, 0.2) is 0 Å². The second-order valence-corrected chi connectivity index (χ2v) is 7.67. The van der Waals surface area contributed by atoms with Crippen molar-refractivity contribution in [2.75, 3.05) is 33.4 Å². The van der Waals surface area contributed by atoms with Crippen LogP contribution in [0.2, 0.25) is 0 Å². The van der Waals surface area contributed by atoms with Crippen LogP contribution in [0.15, 0.2) is 5.38 Å². The number of ether oxygens (including phenoxy) is 1. The number of carbonyl (C=O) groups excluding carboxylic acids is 2. The molecule has 2 saturated heterocycles. The fraction of sp³-hybridized carbons (Fsp3) is 0.706. The summed E-state index contributed by atoms with van der Waals surface area (Å²) in [5, 5.41) is 2.90. The summed E-state index contributed by atoms with van der Waals surface area (Å²) >= 11 is 1.56. The molecule has 7 heteroatoms. The Hall–Kier alpha value is -1.47. The topological polar surface area (TPSA) is 62.7 Å². The number of amides is 2. The minimum atomic E-state index is -0.631. The molecule has 1 unspecified atom stereocenters. The van der Waals surface area contributed by atoms with Gasteiger partial charge in [-0.25, -0.2) is 4.98 Å². The Kier molecular flexibility index (Phi) is 5.20. The summed E-state index contributed by atoms with van der Waals surface area (Å²) in [5.41, 5.74) is 0.178. The van der Waals surface area contributed by atoms with Gasteiger partial charge in [0, 0.05) is 32.1 Å². The summed E-state index contributed by atoms with van der Waals surface area (Å²) in [7, 11) is 1.64. The van der Waals surface area contributed by atoms with Gasteiger partial charge < -0.3 is 14.5 Å². The molecule has 2 aliphatic heterocycles. The van der Waals surface area contributed by atoms with Crippen LogP contribution in [0.25, 0.3) is 0 Å². The molecule has 1 aromatic rings. The van der Waals surface area contributed by atoms with Crippen molar-refractivity contribution in [1.29, 1.82) is 0 Å². The molecule has 0 aromatic carbocycles. The van der Waals surface area contributed by atoms with E-state index < -0.39 is 5.54 Å². The first-order valence-electron chi connectivity index (χ1n) is 8.56. The van der Waals surface area contributed by atoms with Gasteiger partial charge in [0.25, 0.3) is 0 Å². The number of nitrogens with zero attached hydrogens (tertiary/aromatic N) is 3. The van der Waals surface area contributed by atoms with E-state index in [9.17, 15) is 9.59 Å². The lowest BCUT2D eigenvalue weighted by atomic mass is 9.85. The highest BCUT2D eigenvalue weighted by atomic mass is 32.1. The van der Waals surface area contributed by atoms with Gasteiger partial charge in [-0.05, 0) is 32.6 Å². The van der Waals surface area contributed by atoms with Crippen LogP contribution in [-0.4, -0.2) is 65.5 Å². The number of piperidine rings is 1. The van der Waals surface area contributed by atoms with Crippen molar-refractivity contribution < 1.29 is 14.3 Å². The molecule has 0 aliphatic carbocycles. The van der Waals surface area contributed by atoms with E-state index in [1.54, 1.807) is 18.4 Å². The monoisotopic (exact) mass is 351 g/mol. The van der Waals surface area contributed by atoms with E-state index in [-0.39, 0.29) is 18.2 Å². The van der Waals surface area contributed by atoms with Gasteiger partial charge in [-0.3, -0.25) is 9.59 Å². The number of rotatable bonds is 5. The zero-order valence-corrected chi connectivity index (χ0v) is 15.2. The van der Waals surface area contributed by atoms with Gasteiger partial charge >= 0.3 is 0 Å². The second-order valence-electron chi connectivity index (χ2n) is 6.60. The van der Waals surface area contributed by atoms with Crippen molar-refractivity contribution in [1.82, 2.24) is 14.8 Å². The SMILES string of the molecule is COCCN1CCCC2(CCCN2C(=O)Cc2csc(C)n2)C1=O. The molecule has 0 radical (unpaired) electrons. The molecule has 6 nitrogen and oxygen atoms in total. The Morgan fingerprint density at radius 2 is 2.12 bits per heavy atom. The minimum absolute atomic E-state index is 0.0275. The fourth-order valence-electron chi connectivity index (χ4n) is 3.94. The lowest BCUT2D eigenvalue weighted by Crippen LogP contribution is -2.61. The zero-order valence-electron chi connectivity index (χ0n) is 14.4. The van der Waals surface area contributed by atoms with E-state index in [0.717, 1.165) is 42.9 Å². The van der Waals surface area contributed by atoms with Gasteiger partial charge in [-0.2, -0.15) is 0 Å². The lowest BCUT2D eigenvalue weighted by Gasteiger charge is -2.44. The molecule has 3 heterocycles. The van der Waals surface area contributed by atoms with Gasteiger partial charge in [0.1, 0.15) is 5.54 Å². The molecule has 1 spiro atoms. The van der Waals surface area contributed by atoms with Gasteiger partial charge in [0.2, 0.25) is 11.8 Å². The third kappa shape index (κ3) is 3.19. The molecular formula is C17H25N3O3S. The molecule has 2 fully saturated rings. The number of hydrogen-bond acceptors (Lipinski definition) is 5. The predicted octanol–water partition coefficient (Wildman–Crippen LogP) is 1.62. The van der Waals surface area contributed by atoms with Gasteiger partial charge in [0.05, 0.1) is 23.7 Å². The molecule has 3 rings (SSSR count). The Bertz CT molecular complexity index is 618. The summed E-state index contributed by atoms with van der Waals surface area (Å²) < 4.78 is 5.12. The van der Waals surface area contributed by atoms with Crippen LogP contribution in [0.1, 0.15) is 36.4 Å². The first-order chi connectivity index (χ1) is 11.6. The second kappa shape index (κ2) is 7.19. The zero-order chi connectivity index (χ0) is 17.2. The molecular weight excluding hydrogens is 326 g/mol. The number of thiazole rings is 1. The molecule has 2 amide bonds. The Balaban J connectivity index is 1.75. The van der Waals surface area contributed by atoms with Crippen LogP contribution >= 0.6 is 11.3 Å². The number of aromatic nitrogens is 1. The van der Waals surface area contributed by atoms with Crippen LogP contribution in [-0.2, 0) is 20.7 Å². The highest BCUT2D eigenvalue weighted by Gasteiger charge is 2.52. The largest absolute Gasteiger partial charge is 0.383 e. The molecule has 0 saturated carbocycles. The summed E-state index contributed by atoms with van der Waals surface area (Å²) in [6.45, 7) is 4.51. The normalized spacial score (nSPS) is 24.2. The number of methoxy groups -OCH3 is 1. The fourth-order valence-corrected chi connectivity index (χ4v) is 4.56. The minimum Gasteiger partial charge on any atom is -0.383 e.